The lowest BCUT2D eigenvalue weighted by Gasteiger charge is -2.29. The molecule has 3 rings (SSSR count). The van der Waals surface area contributed by atoms with E-state index in [1.165, 1.54) is 0 Å². The van der Waals surface area contributed by atoms with Gasteiger partial charge in [-0.2, -0.15) is 0 Å². The number of amides is 2. The van der Waals surface area contributed by atoms with Crippen LogP contribution in [0.25, 0.3) is 0 Å². The third kappa shape index (κ3) is 5.35. The van der Waals surface area contributed by atoms with Gasteiger partial charge in [0.2, 0.25) is 5.91 Å². The first-order valence-corrected chi connectivity index (χ1v) is 10.1. The van der Waals surface area contributed by atoms with Crippen molar-refractivity contribution in [1.29, 1.82) is 0 Å². The maximum atomic E-state index is 12.6. The number of hydrogen-bond donors (Lipinski definition) is 2. The van der Waals surface area contributed by atoms with Crippen LogP contribution in [0.15, 0.2) is 54.6 Å². The fourth-order valence-electron chi connectivity index (χ4n) is 3.72. The lowest BCUT2D eigenvalue weighted by molar-refractivity contribution is -0.122. The summed E-state index contributed by atoms with van der Waals surface area (Å²) in [4.78, 5) is 27.3. The molecule has 2 aromatic carbocycles. The van der Waals surface area contributed by atoms with Crippen LogP contribution >= 0.6 is 0 Å². The zero-order valence-electron chi connectivity index (χ0n) is 17.1. The van der Waals surface area contributed by atoms with E-state index in [2.05, 4.69) is 21.6 Å². The number of nitrogens with zero attached hydrogens (tertiary/aromatic N) is 1. The Morgan fingerprint density at radius 1 is 1.03 bits per heavy atom. The molecule has 1 heterocycles. The summed E-state index contributed by atoms with van der Waals surface area (Å²) in [6.45, 7) is 4.16. The second-order valence-corrected chi connectivity index (χ2v) is 7.31. The number of likely N-dealkylation sites (tertiary alicyclic amines) is 1. The molecule has 2 amide bonds. The van der Waals surface area contributed by atoms with Crippen molar-refractivity contribution in [2.45, 2.75) is 31.8 Å². The Balaban J connectivity index is 1.64. The Kier molecular flexibility index (Phi) is 7.25. The van der Waals surface area contributed by atoms with Crippen LogP contribution in [0, 0.1) is 0 Å². The number of para-hydroxylation sites is 1. The highest BCUT2D eigenvalue weighted by Gasteiger charge is 2.27. The molecule has 6 nitrogen and oxygen atoms in total. The highest BCUT2D eigenvalue weighted by Crippen LogP contribution is 2.31. The molecule has 1 saturated heterocycles. The van der Waals surface area contributed by atoms with Gasteiger partial charge in [-0.15, -0.1) is 0 Å². The van der Waals surface area contributed by atoms with E-state index in [1.54, 1.807) is 38.3 Å². The van der Waals surface area contributed by atoms with Gasteiger partial charge in [-0.05, 0) is 51.1 Å². The summed E-state index contributed by atoms with van der Waals surface area (Å²) in [6.07, 6.45) is 2.31. The van der Waals surface area contributed by atoms with Gasteiger partial charge in [0, 0.05) is 17.7 Å². The molecule has 0 radical (unpaired) electrons. The smallest absolute Gasteiger partial charge is 0.251 e. The normalized spacial score (nSPS) is 16.1. The number of ether oxygens (including phenoxy) is 1. The SMILES string of the molecule is COc1ccccc1C(CNC(=O)C(C)NC(=O)c1ccccc1)N1CCCC1. The van der Waals surface area contributed by atoms with Gasteiger partial charge in [-0.3, -0.25) is 14.5 Å². The molecule has 1 fully saturated rings. The summed E-state index contributed by atoms with van der Waals surface area (Å²) in [5.41, 5.74) is 1.61. The minimum absolute atomic E-state index is 0.0367. The van der Waals surface area contributed by atoms with Crippen LogP contribution in [0.5, 0.6) is 5.75 Å². The monoisotopic (exact) mass is 395 g/mol. The maximum absolute atomic E-state index is 12.6. The molecule has 0 saturated carbocycles. The molecule has 1 aliphatic rings. The average molecular weight is 396 g/mol. The van der Waals surface area contributed by atoms with E-state index in [9.17, 15) is 9.59 Å². The summed E-state index contributed by atoms with van der Waals surface area (Å²) in [7, 11) is 1.67. The summed E-state index contributed by atoms with van der Waals surface area (Å²) in [5, 5.41) is 5.78. The van der Waals surface area contributed by atoms with Gasteiger partial charge in [0.1, 0.15) is 11.8 Å². The largest absolute Gasteiger partial charge is 0.496 e. The molecule has 2 N–H and O–H groups in total. The quantitative estimate of drug-likeness (QED) is 0.721. The van der Waals surface area contributed by atoms with E-state index in [0.29, 0.717) is 12.1 Å². The Morgan fingerprint density at radius 3 is 2.38 bits per heavy atom. The molecule has 154 valence electrons. The van der Waals surface area contributed by atoms with Crippen molar-refractivity contribution in [3.8, 4) is 5.75 Å². The number of carbonyl (C=O) groups excluding carboxylic acids is 2. The van der Waals surface area contributed by atoms with E-state index >= 15 is 0 Å². The number of carbonyl (C=O) groups is 2. The fraction of sp³-hybridized carbons (Fsp3) is 0.391. The molecule has 2 atom stereocenters. The van der Waals surface area contributed by atoms with E-state index in [1.807, 2.05) is 24.3 Å². The van der Waals surface area contributed by atoms with Crippen LogP contribution < -0.4 is 15.4 Å². The van der Waals surface area contributed by atoms with Crippen LogP contribution in [-0.2, 0) is 4.79 Å². The van der Waals surface area contributed by atoms with Crippen molar-refractivity contribution >= 4 is 11.8 Å². The third-order valence-electron chi connectivity index (χ3n) is 5.33. The van der Waals surface area contributed by atoms with E-state index in [-0.39, 0.29) is 17.9 Å². The summed E-state index contributed by atoms with van der Waals surface area (Å²) < 4.78 is 5.55. The first kappa shape index (κ1) is 20.9. The van der Waals surface area contributed by atoms with Crippen LogP contribution in [0.4, 0.5) is 0 Å². The molecular weight excluding hydrogens is 366 g/mol. The van der Waals surface area contributed by atoms with E-state index in [4.69, 9.17) is 4.74 Å². The van der Waals surface area contributed by atoms with Crippen molar-refractivity contribution in [3.63, 3.8) is 0 Å². The first-order chi connectivity index (χ1) is 14.1. The van der Waals surface area contributed by atoms with Crippen LogP contribution in [0.3, 0.4) is 0 Å². The standard InChI is InChI=1S/C23H29N3O3/c1-17(25-23(28)18-10-4-3-5-11-18)22(27)24-16-20(26-14-8-9-15-26)19-12-6-7-13-21(19)29-2/h3-7,10-13,17,20H,8-9,14-16H2,1-2H3,(H,24,27)(H,25,28). The predicted molar refractivity (Wildman–Crippen MR) is 113 cm³/mol. The van der Waals surface area contributed by atoms with Gasteiger partial charge < -0.3 is 15.4 Å². The second kappa shape index (κ2) is 10.1. The highest BCUT2D eigenvalue weighted by atomic mass is 16.5. The lowest BCUT2D eigenvalue weighted by atomic mass is 10.0. The maximum Gasteiger partial charge on any atom is 0.251 e. The van der Waals surface area contributed by atoms with Crippen molar-refractivity contribution in [1.82, 2.24) is 15.5 Å². The Bertz CT molecular complexity index is 819. The number of hydrogen-bond acceptors (Lipinski definition) is 4. The Morgan fingerprint density at radius 2 is 1.69 bits per heavy atom. The van der Waals surface area contributed by atoms with Gasteiger partial charge in [0.05, 0.1) is 13.2 Å². The molecular formula is C23H29N3O3. The van der Waals surface area contributed by atoms with Gasteiger partial charge in [-0.1, -0.05) is 36.4 Å². The zero-order valence-corrected chi connectivity index (χ0v) is 17.1. The Labute approximate surface area is 172 Å². The van der Waals surface area contributed by atoms with E-state index in [0.717, 1.165) is 37.2 Å². The fourth-order valence-corrected chi connectivity index (χ4v) is 3.72. The van der Waals surface area contributed by atoms with Crippen molar-refractivity contribution in [2.24, 2.45) is 0 Å². The van der Waals surface area contributed by atoms with Crippen LogP contribution in [0.1, 0.15) is 41.7 Å². The van der Waals surface area contributed by atoms with Crippen molar-refractivity contribution in [3.05, 3.63) is 65.7 Å². The first-order valence-electron chi connectivity index (χ1n) is 10.1. The molecule has 2 unspecified atom stereocenters. The van der Waals surface area contributed by atoms with Crippen LogP contribution in [-0.4, -0.2) is 49.5 Å². The topological polar surface area (TPSA) is 70.7 Å². The average Bonchev–Trinajstić information content (AvgIpc) is 3.29. The van der Waals surface area contributed by atoms with E-state index < -0.39 is 6.04 Å². The lowest BCUT2D eigenvalue weighted by Crippen LogP contribution is -2.47. The number of rotatable bonds is 8. The molecule has 6 heteroatoms. The molecule has 0 spiro atoms. The summed E-state index contributed by atoms with van der Waals surface area (Å²) in [5.74, 6) is 0.367. The van der Waals surface area contributed by atoms with Gasteiger partial charge in [-0.25, -0.2) is 0 Å². The van der Waals surface area contributed by atoms with Gasteiger partial charge >= 0.3 is 0 Å². The molecule has 1 aliphatic heterocycles. The number of methoxy groups -OCH3 is 1. The predicted octanol–water partition coefficient (Wildman–Crippen LogP) is 2.77. The molecule has 0 aromatic heterocycles. The van der Waals surface area contributed by atoms with Crippen molar-refractivity contribution < 1.29 is 14.3 Å². The van der Waals surface area contributed by atoms with Gasteiger partial charge in [0.15, 0.2) is 0 Å². The second-order valence-electron chi connectivity index (χ2n) is 7.31. The molecule has 2 aromatic rings. The zero-order chi connectivity index (χ0) is 20.6. The van der Waals surface area contributed by atoms with Crippen molar-refractivity contribution in [2.75, 3.05) is 26.7 Å². The molecule has 0 bridgehead atoms. The Hall–Kier alpha value is -2.86. The summed E-state index contributed by atoms with van der Waals surface area (Å²) in [6, 6.07) is 16.3. The van der Waals surface area contributed by atoms with Gasteiger partial charge in [0.25, 0.3) is 5.91 Å². The highest BCUT2D eigenvalue weighted by molar-refractivity contribution is 5.97. The third-order valence-corrected chi connectivity index (χ3v) is 5.33. The number of benzene rings is 2. The number of nitrogens with one attached hydrogen (secondary N) is 2. The molecule has 29 heavy (non-hydrogen) atoms. The minimum atomic E-state index is -0.625. The molecule has 0 aliphatic carbocycles. The summed E-state index contributed by atoms with van der Waals surface area (Å²) >= 11 is 0. The van der Waals surface area contributed by atoms with Crippen LogP contribution in [0.2, 0.25) is 0 Å². The minimum Gasteiger partial charge on any atom is -0.496 e.